The van der Waals surface area contributed by atoms with E-state index in [0.717, 1.165) is 5.56 Å². The van der Waals surface area contributed by atoms with Gasteiger partial charge in [0.1, 0.15) is 5.75 Å². The van der Waals surface area contributed by atoms with E-state index in [1.54, 1.807) is 57.4 Å². The molecule has 0 spiro atoms. The molecule has 3 saturated heterocycles. The van der Waals surface area contributed by atoms with E-state index in [9.17, 15) is 24.0 Å². The van der Waals surface area contributed by atoms with Gasteiger partial charge in [0.05, 0.1) is 36.1 Å². The third kappa shape index (κ3) is 3.85. The van der Waals surface area contributed by atoms with E-state index in [4.69, 9.17) is 4.74 Å². The number of benzene rings is 1. The van der Waals surface area contributed by atoms with Crippen molar-refractivity contribution in [1.82, 2.24) is 25.8 Å². The molecule has 0 radical (unpaired) electrons. The number of rotatable bonds is 4. The third-order valence-corrected chi connectivity index (χ3v) is 7.86. The molecule has 4 aliphatic rings. The molecular formula is C26H31N5O6. The summed E-state index contributed by atoms with van der Waals surface area (Å²) in [5, 5.41) is 7.56. The number of hydrogen-bond donors (Lipinski definition) is 3. The van der Waals surface area contributed by atoms with E-state index in [-0.39, 0.29) is 13.1 Å². The third-order valence-electron chi connectivity index (χ3n) is 7.86. The zero-order valence-corrected chi connectivity index (χ0v) is 21.2. The average molecular weight is 510 g/mol. The van der Waals surface area contributed by atoms with Gasteiger partial charge in [0.2, 0.25) is 17.7 Å². The number of nitrogens with zero attached hydrogens (tertiary/aromatic N) is 2. The van der Waals surface area contributed by atoms with Gasteiger partial charge < -0.3 is 19.9 Å². The first-order valence-electron chi connectivity index (χ1n) is 12.0. The summed E-state index contributed by atoms with van der Waals surface area (Å²) in [4.78, 5) is 66.8. The largest absolute Gasteiger partial charge is 0.497 e. The Bertz CT molecular complexity index is 1140. The van der Waals surface area contributed by atoms with Gasteiger partial charge in [-0.15, -0.1) is 6.58 Å². The molecule has 3 N–H and O–H groups in total. The maximum Gasteiger partial charge on any atom is 0.324 e. The highest BCUT2D eigenvalue weighted by Crippen LogP contribution is 2.63. The lowest BCUT2D eigenvalue weighted by molar-refractivity contribution is -0.209. The van der Waals surface area contributed by atoms with Crippen LogP contribution in [0, 0.1) is 10.8 Å². The van der Waals surface area contributed by atoms with E-state index in [0.29, 0.717) is 5.75 Å². The van der Waals surface area contributed by atoms with Crippen LogP contribution >= 0.6 is 0 Å². The first-order valence-corrected chi connectivity index (χ1v) is 12.0. The second-order valence-electron chi connectivity index (χ2n) is 9.84. The highest BCUT2D eigenvalue weighted by molar-refractivity contribution is 6.11. The molecule has 196 valence electrons. The molecule has 1 saturated carbocycles. The van der Waals surface area contributed by atoms with E-state index in [1.165, 1.54) is 15.9 Å². The van der Waals surface area contributed by atoms with Crippen molar-refractivity contribution < 1.29 is 28.7 Å². The minimum Gasteiger partial charge on any atom is -0.497 e. The molecule has 4 atom stereocenters. The SMILES string of the molecule is C=CC.COc1ccc(/C=C/C(=O)NC2CN3C(=O)NC(=O)C4(C)C3C3N(C2)C(=O)NC(=O)C34C)cc1. The van der Waals surface area contributed by atoms with Crippen LogP contribution < -0.4 is 20.7 Å². The highest BCUT2D eigenvalue weighted by Gasteiger charge is 2.81. The van der Waals surface area contributed by atoms with E-state index in [2.05, 4.69) is 22.5 Å². The fourth-order valence-electron chi connectivity index (χ4n) is 5.86. The first kappa shape index (κ1) is 25.9. The van der Waals surface area contributed by atoms with E-state index < -0.39 is 58.7 Å². The summed E-state index contributed by atoms with van der Waals surface area (Å²) in [5.41, 5.74) is -1.62. The lowest BCUT2D eigenvalue weighted by atomic mass is 9.42. The molecule has 11 nitrogen and oxygen atoms in total. The topological polar surface area (TPSA) is 137 Å². The first-order chi connectivity index (χ1) is 17.5. The molecule has 4 unspecified atom stereocenters. The van der Waals surface area contributed by atoms with Crippen LogP contribution in [0.1, 0.15) is 26.3 Å². The molecule has 7 amide bonds. The summed E-state index contributed by atoms with van der Waals surface area (Å²) >= 11 is 0. The van der Waals surface area contributed by atoms with Crippen LogP contribution in [0.25, 0.3) is 6.08 Å². The number of carbonyl (C=O) groups is 5. The van der Waals surface area contributed by atoms with Gasteiger partial charge in [-0.25, -0.2) is 9.59 Å². The van der Waals surface area contributed by atoms with Crippen molar-refractivity contribution in [3.63, 3.8) is 0 Å². The summed E-state index contributed by atoms with van der Waals surface area (Å²) in [5.74, 6) is -0.772. The molecule has 1 aromatic carbocycles. The van der Waals surface area contributed by atoms with Crippen molar-refractivity contribution in [2.75, 3.05) is 20.2 Å². The Morgan fingerprint density at radius 2 is 1.46 bits per heavy atom. The number of amides is 7. The van der Waals surface area contributed by atoms with Crippen LogP contribution in [0.15, 0.2) is 43.0 Å². The summed E-state index contributed by atoms with van der Waals surface area (Å²) in [6.45, 7) is 8.72. The molecule has 5 rings (SSSR count). The molecule has 37 heavy (non-hydrogen) atoms. The zero-order valence-electron chi connectivity index (χ0n) is 21.2. The Labute approximate surface area is 214 Å². The number of urea groups is 2. The van der Waals surface area contributed by atoms with Crippen LogP contribution in [0.3, 0.4) is 0 Å². The molecule has 0 bridgehead atoms. The summed E-state index contributed by atoms with van der Waals surface area (Å²) < 4.78 is 5.12. The number of ether oxygens (including phenoxy) is 1. The van der Waals surface area contributed by atoms with Crippen LogP contribution in [0.5, 0.6) is 5.75 Å². The number of methoxy groups -OCH3 is 1. The van der Waals surface area contributed by atoms with Gasteiger partial charge in [0, 0.05) is 19.2 Å². The molecule has 1 aliphatic carbocycles. The highest BCUT2D eigenvalue weighted by atomic mass is 16.5. The van der Waals surface area contributed by atoms with Crippen molar-refractivity contribution in [1.29, 1.82) is 0 Å². The van der Waals surface area contributed by atoms with Crippen LogP contribution in [0.4, 0.5) is 9.59 Å². The quantitative estimate of drug-likeness (QED) is 0.413. The fraction of sp³-hybridized carbons (Fsp3) is 0.423. The number of nitrogens with one attached hydrogen (secondary N) is 3. The van der Waals surface area contributed by atoms with Crippen molar-refractivity contribution >= 4 is 35.9 Å². The minimum absolute atomic E-state index is 0.0893. The van der Waals surface area contributed by atoms with Gasteiger partial charge in [-0.05, 0) is 44.5 Å². The number of allylic oxidation sites excluding steroid dienone is 1. The second-order valence-corrected chi connectivity index (χ2v) is 9.84. The molecule has 1 aromatic rings. The summed E-state index contributed by atoms with van der Waals surface area (Å²) in [6, 6.07) is 4.04. The Hall–Kier alpha value is -4.15. The van der Waals surface area contributed by atoms with Crippen LogP contribution in [0.2, 0.25) is 0 Å². The lowest BCUT2D eigenvalue weighted by Gasteiger charge is -2.70. The summed E-state index contributed by atoms with van der Waals surface area (Å²) in [7, 11) is 1.57. The second kappa shape index (κ2) is 9.38. The standard InChI is InChI=1S/C23H25N5O6.C3H6/c1-22-16-17-23(22,2)19(31)26-21(33)28(17)11-13(10-27(16)20(32)25-18(22)30)24-15(29)9-6-12-4-7-14(34-3)8-5-12;1-3-2/h4-9,13,16-17H,10-11H2,1-3H3,(H,24,29)(H,25,30,32)(H,26,31,33);3H,1H2,2H3/b9-6+;. The number of imide groups is 2. The van der Waals surface area contributed by atoms with Crippen LogP contribution in [-0.2, 0) is 14.4 Å². The van der Waals surface area contributed by atoms with Gasteiger partial charge in [0.15, 0.2) is 0 Å². The predicted octanol–water partition coefficient (Wildman–Crippen LogP) is 1.27. The van der Waals surface area contributed by atoms with Crippen molar-refractivity contribution in [2.45, 2.75) is 38.9 Å². The van der Waals surface area contributed by atoms with E-state index >= 15 is 0 Å². The van der Waals surface area contributed by atoms with Gasteiger partial charge in [-0.1, -0.05) is 18.2 Å². The van der Waals surface area contributed by atoms with Gasteiger partial charge in [-0.2, -0.15) is 0 Å². The average Bonchev–Trinajstić information content (AvgIpc) is 3.03. The molecule has 11 heteroatoms. The Balaban J connectivity index is 0.00000102. The number of hydrogen-bond acceptors (Lipinski definition) is 6. The Morgan fingerprint density at radius 1 is 1.00 bits per heavy atom. The van der Waals surface area contributed by atoms with Crippen molar-refractivity contribution in [2.24, 2.45) is 10.8 Å². The molecule has 3 heterocycles. The van der Waals surface area contributed by atoms with Crippen molar-refractivity contribution in [3.8, 4) is 5.75 Å². The predicted molar refractivity (Wildman–Crippen MR) is 134 cm³/mol. The van der Waals surface area contributed by atoms with E-state index in [1.807, 2.05) is 6.92 Å². The minimum atomic E-state index is -1.21. The lowest BCUT2D eigenvalue weighted by Crippen LogP contribution is -2.90. The molecular weight excluding hydrogens is 478 g/mol. The van der Waals surface area contributed by atoms with Gasteiger partial charge in [0.25, 0.3) is 0 Å². The molecule has 3 aliphatic heterocycles. The Kier molecular flexibility index (Phi) is 6.57. The number of carbonyl (C=O) groups excluding carboxylic acids is 5. The van der Waals surface area contributed by atoms with Gasteiger partial charge in [-0.3, -0.25) is 25.0 Å². The normalized spacial score (nSPS) is 31.6. The smallest absolute Gasteiger partial charge is 0.324 e. The maximum atomic E-state index is 12.9. The monoisotopic (exact) mass is 509 g/mol. The molecule has 4 fully saturated rings. The van der Waals surface area contributed by atoms with Crippen molar-refractivity contribution in [3.05, 3.63) is 48.6 Å². The summed E-state index contributed by atoms with van der Waals surface area (Å²) in [6.07, 6.45) is 4.76. The molecule has 0 aromatic heterocycles. The fourth-order valence-corrected chi connectivity index (χ4v) is 5.86. The maximum absolute atomic E-state index is 12.9. The Morgan fingerprint density at radius 3 is 1.89 bits per heavy atom. The van der Waals surface area contributed by atoms with Crippen LogP contribution in [-0.4, -0.2) is 77.9 Å². The zero-order chi connectivity index (χ0) is 27.1. The number of fused-ring (bicyclic) bond motifs is 1. The van der Waals surface area contributed by atoms with Gasteiger partial charge >= 0.3 is 12.1 Å².